The van der Waals surface area contributed by atoms with E-state index in [1.165, 1.54) is 18.7 Å². The summed E-state index contributed by atoms with van der Waals surface area (Å²) >= 11 is 6.40. The first-order valence-corrected chi connectivity index (χ1v) is 19.7. The Morgan fingerprint density at radius 3 is 2.39 bits per heavy atom. The Morgan fingerprint density at radius 1 is 0.912 bits per heavy atom. The number of hydrogen-bond acceptors (Lipinski definition) is 12. The molecule has 4 heterocycles. The molecule has 3 saturated heterocycles. The monoisotopic (exact) mass is 794 g/mol. The zero-order valence-corrected chi connectivity index (χ0v) is 32.8. The third kappa shape index (κ3) is 9.99. The molecule has 3 aliphatic heterocycles. The Morgan fingerprint density at radius 2 is 1.67 bits per heavy atom. The van der Waals surface area contributed by atoms with Crippen LogP contribution in [0.15, 0.2) is 72.9 Å². The van der Waals surface area contributed by atoms with Crippen molar-refractivity contribution in [3.8, 4) is 11.5 Å². The normalized spacial score (nSPS) is 18.1. The smallest absolute Gasteiger partial charge is 0.249 e. The molecular weight excluding hydrogens is 748 g/mol. The number of Topliss-reactive ketones (excluding diaryl/α,β-unsaturated/α-hetero) is 1. The molecule has 1 atom stereocenters. The number of ketones is 1. The molecule has 1 aromatic heterocycles. The van der Waals surface area contributed by atoms with E-state index in [9.17, 15) is 19.2 Å². The second-order valence-corrected chi connectivity index (χ2v) is 15.0. The van der Waals surface area contributed by atoms with Crippen molar-refractivity contribution in [3.05, 3.63) is 89.1 Å². The van der Waals surface area contributed by atoms with E-state index < -0.39 is 6.04 Å². The molecule has 0 aliphatic carbocycles. The number of amides is 3. The summed E-state index contributed by atoms with van der Waals surface area (Å²) in [7, 11) is 1.58. The third-order valence-corrected chi connectivity index (χ3v) is 11.0. The number of nitrogens with one attached hydrogen (secondary N) is 4. The largest absolute Gasteiger partial charge is 0.494 e. The zero-order valence-electron chi connectivity index (χ0n) is 32.1. The second-order valence-electron chi connectivity index (χ2n) is 14.6. The molecule has 0 bridgehead atoms. The van der Waals surface area contributed by atoms with Gasteiger partial charge in [0.1, 0.15) is 28.7 Å². The maximum Gasteiger partial charge on any atom is 0.249 e. The molecule has 15 heteroatoms. The molecule has 3 aromatic carbocycles. The van der Waals surface area contributed by atoms with Gasteiger partial charge in [0.25, 0.3) is 0 Å². The van der Waals surface area contributed by atoms with Crippen LogP contribution in [0.25, 0.3) is 0 Å². The molecule has 7 rings (SSSR count). The highest BCUT2D eigenvalue weighted by molar-refractivity contribution is 6.33. The predicted molar refractivity (Wildman–Crippen MR) is 218 cm³/mol. The Bertz CT molecular complexity index is 2100. The topological polar surface area (TPSA) is 167 Å². The molecule has 3 fully saturated rings. The summed E-state index contributed by atoms with van der Waals surface area (Å²) in [5.74, 6) is 1.81. The number of benzene rings is 3. The minimum Gasteiger partial charge on any atom is -0.494 e. The molecule has 0 saturated carbocycles. The Labute approximate surface area is 336 Å². The fraction of sp³-hybridized carbons (Fsp3) is 0.381. The number of nitrogens with zero attached hydrogens (tertiary/aromatic N) is 4. The molecular formula is C42H47ClN8O6. The van der Waals surface area contributed by atoms with Crippen LogP contribution in [0.2, 0.25) is 5.02 Å². The number of halogens is 1. The summed E-state index contributed by atoms with van der Waals surface area (Å²) in [6.45, 7) is 4.91. The van der Waals surface area contributed by atoms with Gasteiger partial charge in [-0.15, -0.1) is 0 Å². The number of piperidine rings is 3. The summed E-state index contributed by atoms with van der Waals surface area (Å²) in [6, 6.07) is 20.5. The van der Waals surface area contributed by atoms with E-state index in [1.54, 1.807) is 25.3 Å². The number of rotatable bonds is 13. The molecule has 4 N–H and O–H groups in total. The van der Waals surface area contributed by atoms with Crippen LogP contribution in [0, 0.1) is 0 Å². The number of anilines is 5. The minimum absolute atomic E-state index is 0.0370. The number of methoxy groups -OCH3 is 1. The van der Waals surface area contributed by atoms with Gasteiger partial charge in [0.2, 0.25) is 23.7 Å². The summed E-state index contributed by atoms with van der Waals surface area (Å²) in [6.07, 6.45) is 5.68. The molecule has 0 radical (unpaired) electrons. The maximum atomic E-state index is 13.3. The van der Waals surface area contributed by atoms with E-state index >= 15 is 0 Å². The molecule has 57 heavy (non-hydrogen) atoms. The fourth-order valence-corrected chi connectivity index (χ4v) is 7.66. The highest BCUT2D eigenvalue weighted by Gasteiger charge is 2.29. The van der Waals surface area contributed by atoms with Crippen LogP contribution in [0.3, 0.4) is 0 Å². The van der Waals surface area contributed by atoms with Crippen LogP contribution in [-0.4, -0.2) is 95.3 Å². The predicted octanol–water partition coefficient (Wildman–Crippen LogP) is 6.29. The SMILES string of the molecule is COc1cc(OC2CCN(C(=O)CN3CCC(c4ccc(NC5CCC(=O)NC5=O)cc4)CC3)CC2)ccc1Nc1ncc(Cl)c(Nc2ccccc2C(C)=O)n1. The van der Waals surface area contributed by atoms with Crippen LogP contribution in [0.1, 0.15) is 67.3 Å². The van der Waals surface area contributed by atoms with E-state index in [-0.39, 0.29) is 35.6 Å². The van der Waals surface area contributed by atoms with E-state index in [0.29, 0.717) is 77.7 Å². The summed E-state index contributed by atoms with van der Waals surface area (Å²) in [4.78, 5) is 62.0. The number of carbonyl (C=O) groups is 4. The van der Waals surface area contributed by atoms with Crippen LogP contribution >= 0.6 is 11.6 Å². The fourth-order valence-electron chi connectivity index (χ4n) is 7.53. The van der Waals surface area contributed by atoms with Crippen molar-refractivity contribution in [2.75, 3.05) is 55.8 Å². The average molecular weight is 795 g/mol. The number of imide groups is 1. The van der Waals surface area contributed by atoms with Gasteiger partial charge in [0, 0.05) is 49.7 Å². The second kappa shape index (κ2) is 18.0. The molecule has 1 unspecified atom stereocenters. The third-order valence-electron chi connectivity index (χ3n) is 10.7. The lowest BCUT2D eigenvalue weighted by molar-refractivity contribution is -0.135. The van der Waals surface area contributed by atoms with Gasteiger partial charge in [-0.25, -0.2) is 4.98 Å². The number of hydrogen-bond donors (Lipinski definition) is 4. The lowest BCUT2D eigenvalue weighted by atomic mass is 9.89. The van der Waals surface area contributed by atoms with Crippen molar-refractivity contribution < 1.29 is 28.7 Å². The Kier molecular flexibility index (Phi) is 12.5. The van der Waals surface area contributed by atoms with Gasteiger partial charge in [0.05, 0.1) is 31.2 Å². The van der Waals surface area contributed by atoms with E-state index in [4.69, 9.17) is 21.1 Å². The summed E-state index contributed by atoms with van der Waals surface area (Å²) in [5.41, 5.74) is 3.86. The van der Waals surface area contributed by atoms with Crippen molar-refractivity contribution in [2.24, 2.45) is 0 Å². The first kappa shape index (κ1) is 39.5. The number of carbonyl (C=O) groups excluding carboxylic acids is 4. The van der Waals surface area contributed by atoms with Gasteiger partial charge in [-0.3, -0.25) is 29.4 Å². The first-order chi connectivity index (χ1) is 27.6. The molecule has 0 spiro atoms. The van der Waals surface area contributed by atoms with E-state index in [1.807, 2.05) is 41.3 Å². The van der Waals surface area contributed by atoms with E-state index in [0.717, 1.165) is 44.5 Å². The molecule has 3 amide bonds. The lowest BCUT2D eigenvalue weighted by Crippen LogP contribution is -2.47. The van der Waals surface area contributed by atoms with Crippen molar-refractivity contribution in [1.82, 2.24) is 25.1 Å². The van der Waals surface area contributed by atoms with Crippen LogP contribution in [0.5, 0.6) is 11.5 Å². The van der Waals surface area contributed by atoms with Crippen molar-refractivity contribution in [3.63, 3.8) is 0 Å². The highest BCUT2D eigenvalue weighted by atomic mass is 35.5. The number of ether oxygens (including phenoxy) is 2. The van der Waals surface area contributed by atoms with Crippen LogP contribution < -0.4 is 30.7 Å². The number of likely N-dealkylation sites (tertiary alicyclic amines) is 2. The molecule has 4 aromatic rings. The van der Waals surface area contributed by atoms with Gasteiger partial charge in [-0.1, -0.05) is 35.9 Å². The van der Waals surface area contributed by atoms with Gasteiger partial charge >= 0.3 is 0 Å². The Balaban J connectivity index is 0.852. The van der Waals surface area contributed by atoms with Gasteiger partial charge < -0.3 is 30.3 Å². The zero-order chi connectivity index (χ0) is 39.9. The van der Waals surface area contributed by atoms with Gasteiger partial charge in [-0.05, 0) is 87.2 Å². The van der Waals surface area contributed by atoms with Crippen molar-refractivity contribution >= 4 is 63.9 Å². The maximum absolute atomic E-state index is 13.3. The summed E-state index contributed by atoms with van der Waals surface area (Å²) in [5, 5.41) is 12.2. The molecule has 14 nitrogen and oxygen atoms in total. The quantitative estimate of drug-likeness (QED) is 0.0884. The molecule has 298 valence electrons. The lowest BCUT2D eigenvalue weighted by Gasteiger charge is -2.36. The van der Waals surface area contributed by atoms with Crippen LogP contribution in [-0.2, 0) is 14.4 Å². The number of para-hydroxylation sites is 1. The average Bonchev–Trinajstić information content (AvgIpc) is 3.21. The van der Waals surface area contributed by atoms with Crippen molar-refractivity contribution in [1.29, 1.82) is 0 Å². The Hall–Kier alpha value is -5.73. The first-order valence-electron chi connectivity index (χ1n) is 19.3. The minimum atomic E-state index is -0.402. The van der Waals surface area contributed by atoms with Crippen molar-refractivity contribution in [2.45, 2.75) is 63.5 Å². The van der Waals surface area contributed by atoms with Crippen LogP contribution in [0.4, 0.5) is 28.8 Å². The number of aromatic nitrogens is 2. The molecule has 3 aliphatic rings. The van der Waals surface area contributed by atoms with E-state index in [2.05, 4.69) is 48.3 Å². The van der Waals surface area contributed by atoms with Gasteiger partial charge in [-0.2, -0.15) is 4.98 Å². The van der Waals surface area contributed by atoms with Gasteiger partial charge in [0.15, 0.2) is 11.6 Å². The standard InChI is InChI=1S/C42H47ClN8O6/c1-26(52)32-5-3-4-6-34(32)46-40-33(43)24-44-42(49-40)47-35-12-11-31(23-37(35)56-2)57-30-17-21-51(22-18-30)39(54)25-50-19-15-28(16-20-50)27-7-9-29(10-8-27)45-36-13-14-38(53)48-41(36)55/h3-12,23-24,28,30,36,45H,13-22,25H2,1-2H3,(H,48,53,55)(H2,44,46,47,49). The summed E-state index contributed by atoms with van der Waals surface area (Å²) < 4.78 is 12.0. The highest BCUT2D eigenvalue weighted by Crippen LogP contribution is 2.34.